The summed E-state index contributed by atoms with van der Waals surface area (Å²) >= 11 is 15.6. The van der Waals surface area contributed by atoms with Gasteiger partial charge in [0, 0.05) is 22.4 Å². The summed E-state index contributed by atoms with van der Waals surface area (Å²) < 4.78 is 14.5. The summed E-state index contributed by atoms with van der Waals surface area (Å²) in [6.07, 6.45) is 3.65. The standard InChI is InChI=1S/C13H9BrCl2FN/c14-9-1-2-13(17)10(6-9)11(15)5-8-3-4-18-7-12(8)16/h1-4,6-7,11H,5H2. The Morgan fingerprint density at radius 1 is 1.33 bits per heavy atom. The zero-order chi connectivity index (χ0) is 13.1. The van der Waals surface area contributed by atoms with Crippen LogP contribution in [0.1, 0.15) is 16.5 Å². The highest BCUT2D eigenvalue weighted by atomic mass is 79.9. The van der Waals surface area contributed by atoms with Crippen molar-refractivity contribution in [1.82, 2.24) is 4.98 Å². The number of hydrogen-bond acceptors (Lipinski definition) is 1. The second kappa shape index (κ2) is 6.00. The third-order valence-electron chi connectivity index (χ3n) is 2.55. The Bertz CT molecular complexity index is 562. The van der Waals surface area contributed by atoms with Crippen LogP contribution in [0, 0.1) is 5.82 Å². The molecule has 0 aliphatic carbocycles. The van der Waals surface area contributed by atoms with Gasteiger partial charge in [-0.2, -0.15) is 0 Å². The molecule has 0 aliphatic heterocycles. The molecule has 94 valence electrons. The lowest BCUT2D eigenvalue weighted by Crippen LogP contribution is -2.00. The van der Waals surface area contributed by atoms with E-state index in [1.54, 1.807) is 30.6 Å². The van der Waals surface area contributed by atoms with Gasteiger partial charge in [0.1, 0.15) is 5.82 Å². The van der Waals surface area contributed by atoms with Crippen molar-refractivity contribution in [2.45, 2.75) is 11.8 Å². The number of nitrogens with zero attached hydrogens (tertiary/aromatic N) is 1. The molecule has 0 spiro atoms. The molecule has 2 aromatic rings. The van der Waals surface area contributed by atoms with E-state index in [-0.39, 0.29) is 5.82 Å². The zero-order valence-corrected chi connectivity index (χ0v) is 12.3. The summed E-state index contributed by atoms with van der Waals surface area (Å²) in [5.74, 6) is -0.316. The molecule has 0 aliphatic rings. The van der Waals surface area contributed by atoms with E-state index in [0.717, 1.165) is 10.0 Å². The smallest absolute Gasteiger partial charge is 0.127 e. The molecule has 0 radical (unpaired) electrons. The van der Waals surface area contributed by atoms with Crippen molar-refractivity contribution in [2.24, 2.45) is 0 Å². The van der Waals surface area contributed by atoms with E-state index in [0.29, 0.717) is 17.0 Å². The van der Waals surface area contributed by atoms with Gasteiger partial charge in [-0.1, -0.05) is 27.5 Å². The quantitative estimate of drug-likeness (QED) is 0.698. The first kappa shape index (κ1) is 13.8. The molecule has 1 aromatic carbocycles. The molecule has 1 unspecified atom stereocenters. The minimum atomic E-state index is -0.470. The average Bonchev–Trinajstić information content (AvgIpc) is 2.35. The van der Waals surface area contributed by atoms with E-state index in [1.165, 1.54) is 6.07 Å². The van der Waals surface area contributed by atoms with Crippen molar-refractivity contribution >= 4 is 39.1 Å². The lowest BCUT2D eigenvalue weighted by atomic mass is 10.0. The third kappa shape index (κ3) is 3.22. The summed E-state index contributed by atoms with van der Waals surface area (Å²) in [6.45, 7) is 0. The maximum Gasteiger partial charge on any atom is 0.127 e. The number of aromatic nitrogens is 1. The van der Waals surface area contributed by atoms with Crippen LogP contribution in [0.15, 0.2) is 41.1 Å². The van der Waals surface area contributed by atoms with Gasteiger partial charge in [-0.3, -0.25) is 4.98 Å². The van der Waals surface area contributed by atoms with Crippen molar-refractivity contribution in [3.63, 3.8) is 0 Å². The van der Waals surface area contributed by atoms with Crippen LogP contribution in [0.25, 0.3) is 0 Å². The number of benzene rings is 1. The molecule has 0 bridgehead atoms. The maximum absolute atomic E-state index is 13.7. The van der Waals surface area contributed by atoms with E-state index in [4.69, 9.17) is 23.2 Å². The Morgan fingerprint density at radius 2 is 2.11 bits per heavy atom. The molecule has 0 amide bonds. The van der Waals surface area contributed by atoms with Gasteiger partial charge in [0.25, 0.3) is 0 Å². The molecule has 5 heteroatoms. The van der Waals surface area contributed by atoms with E-state index in [9.17, 15) is 4.39 Å². The van der Waals surface area contributed by atoms with E-state index in [1.807, 2.05) is 0 Å². The Hall–Kier alpha value is -0.640. The van der Waals surface area contributed by atoms with E-state index < -0.39 is 5.38 Å². The molecule has 18 heavy (non-hydrogen) atoms. The Kier molecular flexibility index (Phi) is 4.60. The molecule has 2 rings (SSSR count). The van der Waals surface area contributed by atoms with Gasteiger partial charge in [0.15, 0.2) is 0 Å². The van der Waals surface area contributed by atoms with Crippen LogP contribution >= 0.6 is 39.1 Å². The minimum absolute atomic E-state index is 0.316. The molecule has 0 fully saturated rings. The van der Waals surface area contributed by atoms with Crippen LogP contribution in [0.3, 0.4) is 0 Å². The number of halogens is 4. The van der Waals surface area contributed by atoms with Crippen molar-refractivity contribution in [3.05, 3.63) is 63.1 Å². The first-order valence-electron chi connectivity index (χ1n) is 5.25. The molecule has 1 aromatic heterocycles. The van der Waals surface area contributed by atoms with Gasteiger partial charge < -0.3 is 0 Å². The predicted octanol–water partition coefficient (Wildman–Crippen LogP) is 5.16. The van der Waals surface area contributed by atoms with Crippen LogP contribution in [0.4, 0.5) is 4.39 Å². The fourth-order valence-corrected chi connectivity index (χ4v) is 2.54. The van der Waals surface area contributed by atoms with Crippen LogP contribution in [0.2, 0.25) is 5.02 Å². The lowest BCUT2D eigenvalue weighted by molar-refractivity contribution is 0.605. The van der Waals surface area contributed by atoms with Gasteiger partial charge in [-0.25, -0.2) is 4.39 Å². The number of pyridine rings is 1. The fourth-order valence-electron chi connectivity index (χ4n) is 1.63. The summed E-state index contributed by atoms with van der Waals surface area (Å²) in [5, 5.41) is 0.0703. The van der Waals surface area contributed by atoms with Gasteiger partial charge >= 0.3 is 0 Å². The predicted molar refractivity (Wildman–Crippen MR) is 75.6 cm³/mol. The first-order chi connectivity index (χ1) is 8.58. The maximum atomic E-state index is 13.7. The highest BCUT2D eigenvalue weighted by Crippen LogP contribution is 2.31. The minimum Gasteiger partial charge on any atom is -0.263 e. The molecule has 1 heterocycles. The van der Waals surface area contributed by atoms with Crippen LogP contribution in [0.5, 0.6) is 0 Å². The summed E-state index contributed by atoms with van der Waals surface area (Å²) in [7, 11) is 0. The second-order valence-electron chi connectivity index (χ2n) is 3.80. The van der Waals surface area contributed by atoms with Crippen molar-refractivity contribution in [2.75, 3.05) is 0 Å². The van der Waals surface area contributed by atoms with Crippen LogP contribution in [-0.4, -0.2) is 4.98 Å². The van der Waals surface area contributed by atoms with E-state index >= 15 is 0 Å². The lowest BCUT2D eigenvalue weighted by Gasteiger charge is -2.12. The number of alkyl halides is 1. The van der Waals surface area contributed by atoms with Gasteiger partial charge in [-0.05, 0) is 36.2 Å². The van der Waals surface area contributed by atoms with Crippen LogP contribution in [-0.2, 0) is 6.42 Å². The molecule has 1 nitrogen and oxygen atoms in total. The Labute approximate surface area is 123 Å². The van der Waals surface area contributed by atoms with Crippen molar-refractivity contribution in [3.8, 4) is 0 Å². The monoisotopic (exact) mass is 347 g/mol. The van der Waals surface area contributed by atoms with Gasteiger partial charge in [0.2, 0.25) is 0 Å². The summed E-state index contributed by atoms with van der Waals surface area (Å²) in [5.41, 5.74) is 1.31. The van der Waals surface area contributed by atoms with Crippen molar-refractivity contribution in [1.29, 1.82) is 0 Å². The molecule has 0 saturated carbocycles. The highest BCUT2D eigenvalue weighted by Gasteiger charge is 2.15. The van der Waals surface area contributed by atoms with Gasteiger partial charge in [-0.15, -0.1) is 11.6 Å². The highest BCUT2D eigenvalue weighted by molar-refractivity contribution is 9.10. The molecular formula is C13H9BrCl2FN. The first-order valence-corrected chi connectivity index (χ1v) is 6.86. The Balaban J connectivity index is 2.25. The molecular weight excluding hydrogens is 340 g/mol. The average molecular weight is 349 g/mol. The second-order valence-corrected chi connectivity index (χ2v) is 5.65. The topological polar surface area (TPSA) is 12.9 Å². The molecule has 1 atom stereocenters. The van der Waals surface area contributed by atoms with Gasteiger partial charge in [0.05, 0.1) is 10.4 Å². The summed E-state index contributed by atoms with van der Waals surface area (Å²) in [6, 6.07) is 6.50. The third-order valence-corrected chi connectivity index (χ3v) is 3.77. The Morgan fingerprint density at radius 3 is 2.83 bits per heavy atom. The zero-order valence-electron chi connectivity index (χ0n) is 9.21. The molecule has 0 N–H and O–H groups in total. The number of rotatable bonds is 3. The number of hydrogen-bond donors (Lipinski definition) is 0. The molecule has 0 saturated heterocycles. The van der Waals surface area contributed by atoms with E-state index in [2.05, 4.69) is 20.9 Å². The normalized spacial score (nSPS) is 12.4. The largest absolute Gasteiger partial charge is 0.263 e. The van der Waals surface area contributed by atoms with Crippen LogP contribution < -0.4 is 0 Å². The summed E-state index contributed by atoms with van der Waals surface area (Å²) in [4.78, 5) is 3.90. The van der Waals surface area contributed by atoms with Crippen molar-refractivity contribution < 1.29 is 4.39 Å². The SMILES string of the molecule is Fc1ccc(Br)cc1C(Cl)Cc1ccncc1Cl. The fraction of sp³-hybridized carbons (Fsp3) is 0.154.